The first-order valence-electron chi connectivity index (χ1n) is 20.3. The van der Waals surface area contributed by atoms with E-state index in [1.54, 1.807) is 25.7 Å². The van der Waals surface area contributed by atoms with Crippen molar-refractivity contribution in [3.63, 3.8) is 0 Å². The predicted octanol–water partition coefficient (Wildman–Crippen LogP) is 7.50. The van der Waals surface area contributed by atoms with Gasteiger partial charge in [-0.2, -0.15) is 0 Å². The fourth-order valence-corrected chi connectivity index (χ4v) is 11.9. The molecular weight excluding hydrogens is 675 g/mol. The van der Waals surface area contributed by atoms with E-state index >= 15 is 4.79 Å². The van der Waals surface area contributed by atoms with Crippen LogP contribution in [-0.4, -0.2) is 65.4 Å². The molecule has 5 atom stereocenters. The van der Waals surface area contributed by atoms with Gasteiger partial charge in [0.1, 0.15) is 5.78 Å². The normalized spacial score (nSPS) is 27.5. The number of hydrogen-bond acceptors (Lipinski definition) is 7. The number of sulfone groups is 1. The third-order valence-corrected chi connectivity index (χ3v) is 17.1. The van der Waals surface area contributed by atoms with Gasteiger partial charge in [-0.3, -0.25) is 24.0 Å². The highest BCUT2D eigenvalue weighted by Gasteiger charge is 2.69. The second-order valence-corrected chi connectivity index (χ2v) is 22.3. The second-order valence-electron chi connectivity index (χ2n) is 19.6. The second kappa shape index (κ2) is 15.4. The Kier molecular flexibility index (Phi) is 12.1. The van der Waals surface area contributed by atoms with Crippen molar-refractivity contribution in [1.29, 1.82) is 0 Å². The molecule has 4 saturated carbocycles. The summed E-state index contributed by atoms with van der Waals surface area (Å²) in [5.74, 6) is 0.160. The Morgan fingerprint density at radius 1 is 0.885 bits per heavy atom. The van der Waals surface area contributed by atoms with Crippen molar-refractivity contribution in [3.8, 4) is 12.3 Å². The smallest absolute Gasteiger partial charge is 0.227 e. The molecule has 4 aliphatic carbocycles. The summed E-state index contributed by atoms with van der Waals surface area (Å²) in [4.78, 5) is 71.8. The van der Waals surface area contributed by atoms with Crippen LogP contribution in [0.15, 0.2) is 0 Å². The fraction of sp³-hybridized carbons (Fsp3) is 0.837. The molecule has 1 amide bonds. The number of carbonyl (C=O) groups is 5. The Bertz CT molecular complexity index is 1550. The van der Waals surface area contributed by atoms with Gasteiger partial charge in [0.15, 0.2) is 21.4 Å². The van der Waals surface area contributed by atoms with Gasteiger partial charge in [0.05, 0.1) is 22.5 Å². The van der Waals surface area contributed by atoms with Crippen LogP contribution in [0.5, 0.6) is 0 Å². The van der Waals surface area contributed by atoms with E-state index in [1.807, 2.05) is 0 Å². The van der Waals surface area contributed by atoms with Crippen molar-refractivity contribution in [2.45, 2.75) is 168 Å². The zero-order valence-corrected chi connectivity index (χ0v) is 33.7. The Labute approximate surface area is 313 Å². The van der Waals surface area contributed by atoms with E-state index in [2.05, 4.69) is 26.7 Å². The Morgan fingerprint density at radius 2 is 1.48 bits per heavy atom. The SMILES string of the molecule is C#CCCC(CC(=O)[C@@H]1[C@@H]2C(CN1C(=O)[C@@H](CC(=O)CC1(CS(=O)(=O)C(C)(C)C)CCCCC1)C1(C)CCCCC1)C2(C)C)C(=O)C(=O)CC1CC1. The number of likely N-dealkylation sites (tertiary alicyclic amines) is 1. The summed E-state index contributed by atoms with van der Waals surface area (Å²) >= 11 is 0. The van der Waals surface area contributed by atoms with E-state index in [9.17, 15) is 27.6 Å². The highest BCUT2D eigenvalue weighted by atomic mass is 32.2. The molecule has 0 bridgehead atoms. The Morgan fingerprint density at radius 3 is 2.04 bits per heavy atom. The van der Waals surface area contributed by atoms with E-state index in [-0.39, 0.29) is 84.9 Å². The molecule has 52 heavy (non-hydrogen) atoms. The minimum absolute atomic E-state index is 0.0189. The molecule has 2 unspecified atom stereocenters. The quantitative estimate of drug-likeness (QED) is 0.112. The molecule has 0 aromatic heterocycles. The van der Waals surface area contributed by atoms with E-state index in [1.165, 1.54) is 0 Å². The summed E-state index contributed by atoms with van der Waals surface area (Å²) in [5.41, 5.74) is -1.18. The van der Waals surface area contributed by atoms with Gasteiger partial charge in [0.2, 0.25) is 11.7 Å². The molecule has 1 saturated heterocycles. The molecule has 1 aliphatic heterocycles. The number of nitrogens with zero attached hydrogens (tertiary/aromatic N) is 1. The number of hydrogen-bond donors (Lipinski definition) is 0. The van der Waals surface area contributed by atoms with Crippen molar-refractivity contribution in [2.24, 2.45) is 45.8 Å². The van der Waals surface area contributed by atoms with Crippen LogP contribution in [0.25, 0.3) is 0 Å². The molecule has 8 nitrogen and oxygen atoms in total. The summed E-state index contributed by atoms with van der Waals surface area (Å²) in [6.45, 7) is 12.0. The largest absolute Gasteiger partial charge is 0.332 e. The maximum Gasteiger partial charge on any atom is 0.227 e. The van der Waals surface area contributed by atoms with Gasteiger partial charge in [-0.15, -0.1) is 12.3 Å². The average Bonchev–Trinajstić information content (AvgIpc) is 3.92. The zero-order chi connectivity index (χ0) is 38.3. The summed E-state index contributed by atoms with van der Waals surface area (Å²) < 4.78 is 26.1. The van der Waals surface area contributed by atoms with Crippen LogP contribution in [0.2, 0.25) is 0 Å². The molecule has 9 heteroatoms. The number of carbonyl (C=O) groups excluding carboxylic acids is 5. The van der Waals surface area contributed by atoms with Gasteiger partial charge in [-0.25, -0.2) is 8.42 Å². The van der Waals surface area contributed by atoms with Crippen molar-refractivity contribution in [2.75, 3.05) is 12.3 Å². The lowest BCUT2D eigenvalue weighted by atomic mass is 9.64. The van der Waals surface area contributed by atoms with Crippen LogP contribution in [-0.2, 0) is 33.8 Å². The third-order valence-electron chi connectivity index (χ3n) is 14.2. The average molecular weight is 740 g/mol. The maximum atomic E-state index is 15.0. The van der Waals surface area contributed by atoms with E-state index in [0.29, 0.717) is 19.4 Å². The van der Waals surface area contributed by atoms with Gasteiger partial charge in [-0.05, 0) is 99.7 Å². The molecule has 5 fully saturated rings. The van der Waals surface area contributed by atoms with Crippen LogP contribution < -0.4 is 0 Å². The molecule has 0 N–H and O–H groups in total. The first-order chi connectivity index (χ1) is 24.3. The summed E-state index contributed by atoms with van der Waals surface area (Å²) in [6, 6.07) is -0.710. The van der Waals surface area contributed by atoms with Crippen molar-refractivity contribution in [3.05, 3.63) is 0 Å². The van der Waals surface area contributed by atoms with Gasteiger partial charge in [-0.1, -0.05) is 59.3 Å². The first kappa shape index (κ1) is 40.8. The van der Waals surface area contributed by atoms with Gasteiger partial charge < -0.3 is 4.90 Å². The molecule has 1 heterocycles. The highest BCUT2D eigenvalue weighted by Crippen LogP contribution is 2.65. The van der Waals surface area contributed by atoms with Crippen molar-refractivity contribution < 1.29 is 32.4 Å². The number of rotatable bonds is 17. The fourth-order valence-electron chi connectivity index (χ4n) is 10.3. The van der Waals surface area contributed by atoms with Gasteiger partial charge >= 0.3 is 0 Å². The summed E-state index contributed by atoms with van der Waals surface area (Å²) in [5, 5.41) is 0. The summed E-state index contributed by atoms with van der Waals surface area (Å²) in [6.07, 6.45) is 17.1. The molecular formula is C43H65NO7S. The minimum atomic E-state index is -3.47. The third kappa shape index (κ3) is 8.79. The molecule has 5 aliphatic rings. The number of terminal acetylenes is 1. The summed E-state index contributed by atoms with van der Waals surface area (Å²) in [7, 11) is -3.47. The standard InChI is InChI=1S/C43H65NO7S/c1-8-9-16-30(38(48)35(47)23-29-17-18-29)24-34(46)37-36-33(41(36,5)6)27-44(37)39(49)32(42(7)19-12-10-13-20-42)25-31(45)26-43(21-14-11-15-22-43)28-52(50,51)40(2,3)4/h1,29-30,32-33,36-37H,9-28H2,2-7H3/t30?,32-,33?,36+,37-/m1/s1. The number of piperidine rings is 1. The topological polar surface area (TPSA) is 123 Å². The number of ketones is 4. The molecule has 0 radical (unpaired) electrons. The molecule has 0 aromatic carbocycles. The van der Waals surface area contributed by atoms with Crippen LogP contribution >= 0.6 is 0 Å². The van der Waals surface area contributed by atoms with Crippen molar-refractivity contribution in [1.82, 2.24) is 4.90 Å². The number of amides is 1. The van der Waals surface area contributed by atoms with E-state index in [4.69, 9.17) is 6.42 Å². The Hall–Kier alpha value is -2.34. The first-order valence-corrected chi connectivity index (χ1v) is 22.0. The molecule has 0 aromatic rings. The minimum Gasteiger partial charge on any atom is -0.332 e. The molecule has 5 rings (SSSR count). The van der Waals surface area contributed by atoms with Crippen LogP contribution in [0.1, 0.15) is 157 Å². The zero-order valence-electron chi connectivity index (χ0n) is 32.9. The van der Waals surface area contributed by atoms with Crippen molar-refractivity contribution >= 4 is 38.9 Å². The van der Waals surface area contributed by atoms with E-state index in [0.717, 1.165) is 64.2 Å². The number of Topliss-reactive ketones (excluding diaryl/α,β-unsaturated/α-hetero) is 4. The lowest BCUT2D eigenvalue weighted by Gasteiger charge is -2.44. The molecule has 0 spiro atoms. The number of fused-ring (bicyclic) bond motifs is 1. The highest BCUT2D eigenvalue weighted by molar-refractivity contribution is 7.92. The molecule has 290 valence electrons. The lowest BCUT2D eigenvalue weighted by molar-refractivity contribution is -0.150. The Balaban J connectivity index is 1.39. The van der Waals surface area contributed by atoms with Crippen LogP contribution in [0, 0.1) is 58.2 Å². The van der Waals surface area contributed by atoms with Gasteiger partial charge in [0.25, 0.3) is 0 Å². The van der Waals surface area contributed by atoms with Crippen LogP contribution in [0.3, 0.4) is 0 Å². The monoisotopic (exact) mass is 739 g/mol. The lowest BCUT2D eigenvalue weighted by Crippen LogP contribution is -2.52. The van der Waals surface area contributed by atoms with Crippen LogP contribution in [0.4, 0.5) is 0 Å². The van der Waals surface area contributed by atoms with Gasteiger partial charge in [0, 0.05) is 44.6 Å². The predicted molar refractivity (Wildman–Crippen MR) is 203 cm³/mol. The van der Waals surface area contributed by atoms with E-state index < -0.39 is 54.9 Å². The maximum absolute atomic E-state index is 15.0.